The number of rotatable bonds is 12. The van der Waals surface area contributed by atoms with E-state index in [2.05, 4.69) is 55.5 Å². The van der Waals surface area contributed by atoms with Crippen molar-refractivity contribution in [3.8, 4) is 0 Å². The van der Waals surface area contributed by atoms with Gasteiger partial charge in [-0.25, -0.2) is 0 Å². The molecule has 0 amide bonds. The second-order valence-corrected chi connectivity index (χ2v) is 6.93. The van der Waals surface area contributed by atoms with Crippen LogP contribution in [-0.2, 0) is 6.42 Å². The summed E-state index contributed by atoms with van der Waals surface area (Å²) in [6.45, 7) is 2.29. The first-order valence-corrected chi connectivity index (χ1v) is 9.84. The topological polar surface area (TPSA) is 0 Å². The molecule has 0 atom stereocenters. The van der Waals surface area contributed by atoms with E-state index in [9.17, 15) is 0 Å². The van der Waals surface area contributed by atoms with Gasteiger partial charge in [0.2, 0.25) is 0 Å². The maximum atomic E-state index is 2.32. The molecule has 0 bridgehead atoms. The first-order valence-electron chi connectivity index (χ1n) is 9.84. The first kappa shape index (κ1) is 18.0. The summed E-state index contributed by atoms with van der Waals surface area (Å²) in [7, 11) is 0. The Balaban J connectivity index is 1.58. The molecular formula is C23H34. The Morgan fingerprint density at radius 1 is 0.696 bits per heavy atom. The van der Waals surface area contributed by atoms with Crippen molar-refractivity contribution in [3.05, 3.63) is 59.7 Å². The average molecular weight is 311 g/mol. The largest absolute Gasteiger partial charge is 0.0732 e. The molecule has 1 aromatic carbocycles. The fraction of sp³-hybridized carbons (Fsp3) is 0.565. The predicted octanol–water partition coefficient (Wildman–Crippen LogP) is 7.36. The molecule has 0 spiro atoms. The van der Waals surface area contributed by atoms with Gasteiger partial charge in [0.25, 0.3) is 0 Å². The number of benzene rings is 1. The van der Waals surface area contributed by atoms with Gasteiger partial charge >= 0.3 is 0 Å². The SMILES string of the molecule is CCCCCCCCCCCCc1ccccc1C1C=CC=C1. The molecule has 126 valence electrons. The van der Waals surface area contributed by atoms with E-state index in [1.54, 1.807) is 5.56 Å². The zero-order chi connectivity index (χ0) is 16.2. The molecule has 2 rings (SSSR count). The zero-order valence-electron chi connectivity index (χ0n) is 15.0. The van der Waals surface area contributed by atoms with Gasteiger partial charge in [-0.2, -0.15) is 0 Å². The highest BCUT2D eigenvalue weighted by Gasteiger charge is 2.10. The van der Waals surface area contributed by atoms with E-state index in [1.807, 2.05) is 0 Å². The maximum absolute atomic E-state index is 2.32. The fourth-order valence-corrected chi connectivity index (χ4v) is 3.53. The van der Waals surface area contributed by atoms with Crippen molar-refractivity contribution < 1.29 is 0 Å². The third-order valence-corrected chi connectivity index (χ3v) is 4.96. The molecule has 0 nitrogen and oxygen atoms in total. The van der Waals surface area contributed by atoms with Crippen LogP contribution in [0.15, 0.2) is 48.6 Å². The highest BCUT2D eigenvalue weighted by Crippen LogP contribution is 2.27. The Kier molecular flexibility index (Phi) is 8.84. The van der Waals surface area contributed by atoms with Crippen molar-refractivity contribution >= 4 is 0 Å². The molecule has 0 radical (unpaired) electrons. The van der Waals surface area contributed by atoms with Crippen molar-refractivity contribution in [1.82, 2.24) is 0 Å². The lowest BCUT2D eigenvalue weighted by molar-refractivity contribution is 0.556. The summed E-state index contributed by atoms with van der Waals surface area (Å²) >= 11 is 0. The van der Waals surface area contributed by atoms with Crippen LogP contribution in [0.1, 0.15) is 88.2 Å². The summed E-state index contributed by atoms with van der Waals surface area (Å²) in [5, 5.41) is 0. The monoisotopic (exact) mass is 310 g/mol. The molecule has 0 aliphatic heterocycles. The Morgan fingerprint density at radius 2 is 1.26 bits per heavy atom. The Morgan fingerprint density at radius 3 is 1.91 bits per heavy atom. The number of allylic oxidation sites excluding steroid dienone is 4. The standard InChI is InChI=1S/C23H34/c1-2-3-4-5-6-7-8-9-10-11-16-21-19-14-15-20-23(21)22-17-12-13-18-22/h12-15,17-20,22H,2-11,16H2,1H3. The molecule has 0 fully saturated rings. The van der Waals surface area contributed by atoms with Crippen LogP contribution in [0, 0.1) is 0 Å². The maximum Gasteiger partial charge on any atom is 0.0207 e. The number of aryl methyl sites for hydroxylation is 1. The lowest BCUT2D eigenvalue weighted by Gasteiger charge is -2.13. The minimum absolute atomic E-state index is 0.509. The normalized spacial score (nSPS) is 14.0. The number of hydrogen-bond acceptors (Lipinski definition) is 0. The zero-order valence-corrected chi connectivity index (χ0v) is 15.0. The van der Waals surface area contributed by atoms with E-state index in [0.29, 0.717) is 5.92 Å². The van der Waals surface area contributed by atoms with Gasteiger partial charge in [0.15, 0.2) is 0 Å². The second kappa shape index (κ2) is 11.3. The summed E-state index contributed by atoms with van der Waals surface area (Å²) in [6.07, 6.45) is 24.3. The molecule has 1 aromatic rings. The minimum Gasteiger partial charge on any atom is -0.0732 e. The summed E-state index contributed by atoms with van der Waals surface area (Å²) < 4.78 is 0. The van der Waals surface area contributed by atoms with E-state index in [1.165, 1.54) is 76.2 Å². The smallest absolute Gasteiger partial charge is 0.0207 e. The predicted molar refractivity (Wildman–Crippen MR) is 103 cm³/mol. The molecule has 0 N–H and O–H groups in total. The molecule has 0 saturated carbocycles. The molecule has 0 saturated heterocycles. The van der Waals surface area contributed by atoms with Gasteiger partial charge in [-0.1, -0.05) is 113 Å². The van der Waals surface area contributed by atoms with E-state index < -0.39 is 0 Å². The van der Waals surface area contributed by atoms with Crippen LogP contribution in [0.2, 0.25) is 0 Å². The van der Waals surface area contributed by atoms with Crippen LogP contribution in [-0.4, -0.2) is 0 Å². The van der Waals surface area contributed by atoms with Gasteiger partial charge in [-0.3, -0.25) is 0 Å². The van der Waals surface area contributed by atoms with E-state index in [-0.39, 0.29) is 0 Å². The van der Waals surface area contributed by atoms with Crippen molar-refractivity contribution in [2.24, 2.45) is 0 Å². The highest BCUT2D eigenvalue weighted by molar-refractivity contribution is 5.40. The molecule has 0 heterocycles. The summed E-state index contributed by atoms with van der Waals surface area (Å²) in [5.74, 6) is 0.509. The van der Waals surface area contributed by atoms with Crippen LogP contribution in [0.5, 0.6) is 0 Å². The second-order valence-electron chi connectivity index (χ2n) is 6.93. The van der Waals surface area contributed by atoms with E-state index in [0.717, 1.165) is 0 Å². The molecular weight excluding hydrogens is 276 g/mol. The summed E-state index contributed by atoms with van der Waals surface area (Å²) in [6, 6.07) is 8.99. The molecule has 0 heteroatoms. The molecule has 0 aromatic heterocycles. The van der Waals surface area contributed by atoms with Gasteiger partial charge in [0, 0.05) is 5.92 Å². The van der Waals surface area contributed by atoms with Crippen LogP contribution in [0.3, 0.4) is 0 Å². The van der Waals surface area contributed by atoms with Crippen molar-refractivity contribution in [2.75, 3.05) is 0 Å². The van der Waals surface area contributed by atoms with Crippen LogP contribution in [0.4, 0.5) is 0 Å². The van der Waals surface area contributed by atoms with Crippen molar-refractivity contribution in [1.29, 1.82) is 0 Å². The fourth-order valence-electron chi connectivity index (χ4n) is 3.53. The highest BCUT2D eigenvalue weighted by atomic mass is 14.1. The Labute approximate surface area is 143 Å². The van der Waals surface area contributed by atoms with Gasteiger partial charge in [0.1, 0.15) is 0 Å². The van der Waals surface area contributed by atoms with Gasteiger partial charge in [-0.15, -0.1) is 0 Å². The van der Waals surface area contributed by atoms with E-state index >= 15 is 0 Å². The summed E-state index contributed by atoms with van der Waals surface area (Å²) in [5.41, 5.74) is 3.06. The van der Waals surface area contributed by atoms with Gasteiger partial charge in [-0.05, 0) is 24.0 Å². The number of hydrogen-bond donors (Lipinski definition) is 0. The van der Waals surface area contributed by atoms with Gasteiger partial charge in [0.05, 0.1) is 0 Å². The van der Waals surface area contributed by atoms with Crippen molar-refractivity contribution in [3.63, 3.8) is 0 Å². The molecule has 23 heavy (non-hydrogen) atoms. The van der Waals surface area contributed by atoms with Crippen molar-refractivity contribution in [2.45, 2.75) is 83.5 Å². The Hall–Kier alpha value is -1.30. The summed E-state index contributed by atoms with van der Waals surface area (Å²) in [4.78, 5) is 0. The third kappa shape index (κ3) is 6.77. The Bertz CT molecular complexity index is 469. The average Bonchev–Trinajstić information content (AvgIpc) is 3.11. The van der Waals surface area contributed by atoms with E-state index in [4.69, 9.17) is 0 Å². The first-order chi connectivity index (χ1) is 11.4. The minimum atomic E-state index is 0.509. The quantitative estimate of drug-likeness (QED) is 0.354. The van der Waals surface area contributed by atoms with Gasteiger partial charge < -0.3 is 0 Å². The van der Waals surface area contributed by atoms with Crippen LogP contribution < -0.4 is 0 Å². The lowest BCUT2D eigenvalue weighted by Crippen LogP contribution is -1.97. The molecule has 0 unspecified atom stereocenters. The van der Waals surface area contributed by atoms with Crippen LogP contribution >= 0.6 is 0 Å². The van der Waals surface area contributed by atoms with Crippen LogP contribution in [0.25, 0.3) is 0 Å². The number of unbranched alkanes of at least 4 members (excludes halogenated alkanes) is 9. The molecule has 1 aliphatic rings. The third-order valence-electron chi connectivity index (χ3n) is 4.96. The lowest BCUT2D eigenvalue weighted by atomic mass is 9.92. The molecule has 1 aliphatic carbocycles.